The summed E-state index contributed by atoms with van der Waals surface area (Å²) in [6, 6.07) is 25.1. The van der Waals surface area contributed by atoms with E-state index in [1.54, 1.807) is 26.2 Å². The Labute approximate surface area is 454 Å². The zero-order chi connectivity index (χ0) is 55.1. The summed E-state index contributed by atoms with van der Waals surface area (Å²) in [5.74, 6) is -0.227. The Balaban J connectivity index is 0.869. The molecule has 20 heteroatoms. The third-order valence-electron chi connectivity index (χ3n) is 17.1. The van der Waals surface area contributed by atoms with Crippen LogP contribution in [-0.2, 0) is 16.6 Å². The first-order chi connectivity index (χ1) is 37.3. The number of ether oxygens (including phenoxy) is 3. The van der Waals surface area contributed by atoms with Crippen LogP contribution in [0, 0.1) is 33.2 Å². The first-order valence-electron chi connectivity index (χ1n) is 27.0. The number of anilines is 2. The highest BCUT2D eigenvalue weighted by Gasteiger charge is 2.53. The van der Waals surface area contributed by atoms with Gasteiger partial charge in [-0.15, -0.1) is 0 Å². The van der Waals surface area contributed by atoms with Gasteiger partial charge in [0, 0.05) is 88.0 Å². The fourth-order valence-corrected chi connectivity index (χ4v) is 13.3. The second-order valence-electron chi connectivity index (χ2n) is 22.5. The first-order valence-corrected chi connectivity index (χ1v) is 28.5. The number of sulfonamides is 1. The van der Waals surface area contributed by atoms with Gasteiger partial charge in [-0.25, -0.2) is 22.5 Å². The number of aromatic nitrogens is 3. The van der Waals surface area contributed by atoms with Gasteiger partial charge in [-0.3, -0.25) is 24.7 Å². The molecule has 2 aliphatic carbocycles. The van der Waals surface area contributed by atoms with Crippen molar-refractivity contribution in [3.05, 3.63) is 129 Å². The van der Waals surface area contributed by atoms with Gasteiger partial charge in [0.05, 0.1) is 41.9 Å². The van der Waals surface area contributed by atoms with Gasteiger partial charge in [0.25, 0.3) is 21.8 Å². The van der Waals surface area contributed by atoms with E-state index in [9.17, 15) is 32.8 Å². The molecule has 10 rings (SSSR count). The molecular formula is C58H70FN9O9S. The van der Waals surface area contributed by atoms with Crippen molar-refractivity contribution in [2.24, 2.45) is 17.3 Å². The third kappa shape index (κ3) is 11.4. The van der Waals surface area contributed by atoms with E-state index in [1.807, 2.05) is 12.1 Å². The minimum Gasteiger partial charge on any atom is -0.497 e. The van der Waals surface area contributed by atoms with E-state index in [0.717, 1.165) is 81.9 Å². The SMILES string of the molecule is COc1ccc(CN2CCN(C3CC4(CCN(c5ccc(C(=O)NS(=O)(=O)c6cnc(NCC7CCC(C)(O)CC7)c([N+](=O)[O-])c6)c(Oc6cc7c(F)c[nH]c7nc6OC)c5)C[C@H]4C)C3)[C@H](c3ccccc3C(C)C)C2)cc1. The molecule has 0 unspecified atom stereocenters. The number of carbonyl (C=O) groups is 1. The molecule has 2 saturated heterocycles. The molecule has 4 aliphatic rings. The minimum atomic E-state index is -4.75. The highest BCUT2D eigenvalue weighted by molar-refractivity contribution is 7.90. The molecule has 18 nitrogen and oxygen atoms in total. The molecule has 1 spiro atoms. The molecule has 3 aromatic heterocycles. The van der Waals surface area contributed by atoms with Crippen molar-refractivity contribution in [2.45, 2.75) is 108 Å². The van der Waals surface area contributed by atoms with Crippen LogP contribution in [0.25, 0.3) is 11.0 Å². The summed E-state index contributed by atoms with van der Waals surface area (Å²) < 4.78 is 62.2. The second-order valence-corrected chi connectivity index (χ2v) is 24.2. The number of amides is 1. The molecule has 4 N–H and O–H groups in total. The van der Waals surface area contributed by atoms with Gasteiger partial charge in [-0.2, -0.15) is 4.98 Å². The van der Waals surface area contributed by atoms with Crippen LogP contribution >= 0.6 is 0 Å². The average molecular weight is 1090 g/mol. The molecule has 0 radical (unpaired) electrons. The number of fused-ring (bicyclic) bond motifs is 1. The summed E-state index contributed by atoms with van der Waals surface area (Å²) >= 11 is 0. The fourth-order valence-electron chi connectivity index (χ4n) is 12.3. The van der Waals surface area contributed by atoms with Crippen molar-refractivity contribution in [1.82, 2.24) is 29.5 Å². The molecule has 78 heavy (non-hydrogen) atoms. The molecule has 414 valence electrons. The number of H-pyrrole nitrogens is 1. The number of aromatic amines is 1. The van der Waals surface area contributed by atoms with Crippen LogP contribution in [0.4, 0.5) is 21.6 Å². The van der Waals surface area contributed by atoms with E-state index < -0.39 is 42.9 Å². The molecule has 3 aromatic carbocycles. The molecule has 4 fully saturated rings. The Hall–Kier alpha value is -6.87. The van der Waals surface area contributed by atoms with E-state index >= 15 is 0 Å². The highest BCUT2D eigenvalue weighted by atomic mass is 32.2. The minimum absolute atomic E-state index is 0.0159. The number of nitrogens with one attached hydrogen (secondary N) is 3. The number of piperidine rings is 1. The van der Waals surface area contributed by atoms with Gasteiger partial charge in [0.15, 0.2) is 5.75 Å². The monoisotopic (exact) mass is 1090 g/mol. The van der Waals surface area contributed by atoms with Crippen LogP contribution < -0.4 is 29.1 Å². The number of hydrogen-bond acceptors (Lipinski definition) is 15. The molecule has 6 aromatic rings. The fraction of sp³-hybridized carbons (Fsp3) is 0.466. The maximum atomic E-state index is 15.0. The van der Waals surface area contributed by atoms with Crippen molar-refractivity contribution >= 4 is 44.2 Å². The summed E-state index contributed by atoms with van der Waals surface area (Å²) in [5, 5.41) is 25.7. The predicted octanol–water partition coefficient (Wildman–Crippen LogP) is 9.96. The van der Waals surface area contributed by atoms with Crippen molar-refractivity contribution in [3.8, 4) is 23.1 Å². The summed E-state index contributed by atoms with van der Waals surface area (Å²) in [6.07, 6.45) is 7.81. The Morgan fingerprint density at radius 3 is 2.44 bits per heavy atom. The molecule has 0 bridgehead atoms. The number of pyridine rings is 2. The summed E-state index contributed by atoms with van der Waals surface area (Å²) in [4.78, 5) is 44.0. The zero-order valence-electron chi connectivity index (χ0n) is 45.1. The number of halogens is 1. The van der Waals surface area contributed by atoms with E-state index in [2.05, 4.69) is 96.9 Å². The number of methoxy groups -OCH3 is 2. The number of benzene rings is 3. The van der Waals surface area contributed by atoms with E-state index in [1.165, 1.54) is 35.9 Å². The van der Waals surface area contributed by atoms with Crippen molar-refractivity contribution in [2.75, 3.05) is 63.7 Å². The van der Waals surface area contributed by atoms with Gasteiger partial charge in [0.1, 0.15) is 27.9 Å². The second kappa shape index (κ2) is 22.1. The van der Waals surface area contributed by atoms with Crippen LogP contribution in [0.5, 0.6) is 23.1 Å². The smallest absolute Gasteiger partial charge is 0.312 e. The van der Waals surface area contributed by atoms with Gasteiger partial charge < -0.3 is 34.5 Å². The normalized spacial score (nSPS) is 24.0. The maximum Gasteiger partial charge on any atom is 0.312 e. The van der Waals surface area contributed by atoms with Crippen LogP contribution in [0.2, 0.25) is 0 Å². The number of carbonyl (C=O) groups excluding carboxylic acids is 1. The summed E-state index contributed by atoms with van der Waals surface area (Å²) in [5.41, 5.74) is 3.59. The van der Waals surface area contributed by atoms with Gasteiger partial charge in [-0.1, -0.05) is 57.2 Å². The topological polar surface area (TPSA) is 218 Å². The number of aliphatic hydroxyl groups is 1. The van der Waals surface area contributed by atoms with Gasteiger partial charge in [-0.05, 0) is 116 Å². The van der Waals surface area contributed by atoms with Gasteiger partial charge >= 0.3 is 5.69 Å². The molecule has 2 saturated carbocycles. The van der Waals surface area contributed by atoms with Gasteiger partial charge in [0.2, 0.25) is 5.82 Å². The lowest BCUT2D eigenvalue weighted by Crippen LogP contribution is -2.62. The summed E-state index contributed by atoms with van der Waals surface area (Å²) in [6.45, 7) is 14.2. The third-order valence-corrected chi connectivity index (χ3v) is 18.4. The Morgan fingerprint density at radius 2 is 1.73 bits per heavy atom. The standard InChI is InChI=1S/C58H70FN9O9S/c1-36(2)44-9-7-8-10-45(44)50-35-65(34-39-11-14-42(75-5)15-12-39)23-24-67(50)41-28-58(29-41)21-22-66(33-37(58)3)40-13-16-46(51(25-40)77-52-27-47-48(59)32-62-53(47)63-56(52)76-6)55(69)64-78(73,74)43-26-49(68(71)72)54(61-31-43)60-30-38-17-19-57(4,70)20-18-38/h7-16,25-27,31-32,36-38,41,50,70H,17-24,28-30,33-35H2,1-6H3,(H,60,61)(H,62,63)(H,64,69)/t37-,38?,41?,50+,57?,58?/m1/s1. The lowest BCUT2D eigenvalue weighted by Gasteiger charge is -2.61. The molecular weight excluding hydrogens is 1020 g/mol. The van der Waals surface area contributed by atoms with Crippen LogP contribution in [-0.4, -0.2) is 114 Å². The lowest BCUT2D eigenvalue weighted by atomic mass is 9.55. The van der Waals surface area contributed by atoms with Crippen molar-refractivity contribution < 1.29 is 41.8 Å². The molecule has 2 aliphatic heterocycles. The Kier molecular flexibility index (Phi) is 15.4. The lowest BCUT2D eigenvalue weighted by molar-refractivity contribution is -0.384. The van der Waals surface area contributed by atoms with E-state index in [0.29, 0.717) is 56.7 Å². The number of rotatable bonds is 17. The van der Waals surface area contributed by atoms with Crippen LogP contribution in [0.3, 0.4) is 0 Å². The van der Waals surface area contributed by atoms with Crippen LogP contribution in [0.1, 0.15) is 112 Å². The summed E-state index contributed by atoms with van der Waals surface area (Å²) in [7, 11) is -1.69. The number of hydrogen-bond donors (Lipinski definition) is 4. The van der Waals surface area contributed by atoms with E-state index in [4.69, 9.17) is 14.2 Å². The van der Waals surface area contributed by atoms with Crippen molar-refractivity contribution in [1.29, 1.82) is 0 Å². The number of nitro groups is 1. The van der Waals surface area contributed by atoms with Crippen molar-refractivity contribution in [3.63, 3.8) is 0 Å². The predicted molar refractivity (Wildman–Crippen MR) is 295 cm³/mol. The number of nitrogens with zero attached hydrogens (tertiary/aromatic N) is 6. The Bertz CT molecular complexity index is 3280. The maximum absolute atomic E-state index is 15.0. The Morgan fingerprint density at radius 1 is 0.974 bits per heavy atom. The zero-order valence-corrected chi connectivity index (χ0v) is 45.9. The van der Waals surface area contributed by atoms with E-state index in [-0.39, 0.29) is 57.2 Å². The number of piperazine rings is 1. The average Bonchev–Trinajstić information content (AvgIpc) is 3.88. The molecule has 5 heterocycles. The molecule has 2 atom stereocenters. The highest BCUT2D eigenvalue weighted by Crippen LogP contribution is 2.56. The van der Waals surface area contributed by atoms with Crippen LogP contribution in [0.15, 0.2) is 96.2 Å². The largest absolute Gasteiger partial charge is 0.497 e. The first kappa shape index (κ1) is 54.5. The molecule has 1 amide bonds. The quantitative estimate of drug-likeness (QED) is 0.0494.